The molecule has 0 radical (unpaired) electrons. The van der Waals surface area contributed by atoms with E-state index in [1.165, 1.54) is 5.56 Å². The highest BCUT2D eigenvalue weighted by Crippen LogP contribution is 2.24. The highest BCUT2D eigenvalue weighted by Gasteiger charge is 2.21. The third kappa shape index (κ3) is 8.24. The van der Waals surface area contributed by atoms with E-state index in [1.54, 1.807) is 6.92 Å². The van der Waals surface area contributed by atoms with E-state index in [-0.39, 0.29) is 11.8 Å². The zero-order valence-corrected chi connectivity index (χ0v) is 21.4. The van der Waals surface area contributed by atoms with Crippen LogP contribution in [0.4, 0.5) is 0 Å². The molecule has 0 fully saturated rings. The number of hydrogen-bond donors (Lipinski definition) is 3. The fourth-order valence-electron chi connectivity index (χ4n) is 4.10. The van der Waals surface area contributed by atoms with Gasteiger partial charge in [0.15, 0.2) is 0 Å². The molecule has 3 aromatic carbocycles. The molecule has 0 heterocycles. The fraction of sp³-hybridized carbons (Fsp3) is 0.333. The molecule has 3 aromatic rings. The van der Waals surface area contributed by atoms with E-state index in [0.29, 0.717) is 19.6 Å². The van der Waals surface area contributed by atoms with Crippen LogP contribution >= 0.6 is 0 Å². The quantitative estimate of drug-likeness (QED) is 0.337. The van der Waals surface area contributed by atoms with Crippen molar-refractivity contribution in [3.8, 4) is 5.75 Å². The zero-order chi connectivity index (χ0) is 25.9. The summed E-state index contributed by atoms with van der Waals surface area (Å²) in [5.74, 6) is 0.231. The second-order valence-corrected chi connectivity index (χ2v) is 9.23. The number of aryl methyl sites for hydroxylation is 3. The Morgan fingerprint density at radius 1 is 0.889 bits per heavy atom. The van der Waals surface area contributed by atoms with Gasteiger partial charge in [-0.15, -0.1) is 0 Å². The van der Waals surface area contributed by atoms with Crippen molar-refractivity contribution in [3.05, 3.63) is 101 Å². The molecule has 0 aromatic heterocycles. The van der Waals surface area contributed by atoms with Crippen molar-refractivity contribution in [2.45, 2.75) is 58.7 Å². The van der Waals surface area contributed by atoms with Crippen molar-refractivity contribution in [1.82, 2.24) is 10.6 Å². The molecule has 0 aliphatic heterocycles. The Bertz CT molecular complexity index is 1110. The third-order valence-corrected chi connectivity index (χ3v) is 6.22. The van der Waals surface area contributed by atoms with E-state index in [2.05, 4.69) is 22.8 Å². The zero-order valence-electron chi connectivity index (χ0n) is 21.4. The largest absolute Gasteiger partial charge is 0.489 e. The van der Waals surface area contributed by atoms with Crippen LogP contribution in [0.2, 0.25) is 0 Å². The van der Waals surface area contributed by atoms with Gasteiger partial charge in [0.05, 0.1) is 6.04 Å². The van der Waals surface area contributed by atoms with Crippen molar-refractivity contribution >= 4 is 11.8 Å². The van der Waals surface area contributed by atoms with E-state index in [0.717, 1.165) is 40.8 Å². The number of carbonyl (C=O) groups excluding carboxylic acids is 2. The summed E-state index contributed by atoms with van der Waals surface area (Å²) in [4.78, 5) is 25.1. The van der Waals surface area contributed by atoms with Crippen LogP contribution in [0.1, 0.15) is 41.2 Å². The lowest BCUT2D eigenvalue weighted by atomic mass is 9.96. The van der Waals surface area contributed by atoms with E-state index < -0.39 is 12.1 Å². The molecule has 190 valence electrons. The number of nitrogens with two attached hydrogens (primary N) is 1. The first kappa shape index (κ1) is 27.0. The van der Waals surface area contributed by atoms with Gasteiger partial charge in [-0.3, -0.25) is 9.59 Å². The topological polar surface area (TPSA) is 93.4 Å². The summed E-state index contributed by atoms with van der Waals surface area (Å²) < 4.78 is 5.95. The van der Waals surface area contributed by atoms with Crippen LogP contribution in [0, 0.1) is 13.8 Å². The van der Waals surface area contributed by atoms with Crippen molar-refractivity contribution in [2.24, 2.45) is 5.73 Å². The molecule has 0 aliphatic carbocycles. The van der Waals surface area contributed by atoms with Gasteiger partial charge in [-0.2, -0.15) is 0 Å². The van der Waals surface area contributed by atoms with Crippen molar-refractivity contribution in [2.75, 3.05) is 6.54 Å². The maximum atomic E-state index is 12.7. The molecule has 2 amide bonds. The molecule has 6 heteroatoms. The van der Waals surface area contributed by atoms with E-state index in [1.807, 2.05) is 74.5 Å². The standard InChI is InChI=1S/C30H37N3O3/c1-21-17-26(36-20-25-13-8-5-9-14-25)18-22(2)27(21)19-28(31)30(35)33-23(3)29(34)32-16-10-15-24-11-6-4-7-12-24/h4-9,11-14,17-18,23,28H,10,15-16,19-20,31H2,1-3H3,(H,32,34)(H,33,35)/t23-,28?/m1/s1. The van der Waals surface area contributed by atoms with Crippen LogP contribution in [0.5, 0.6) is 5.75 Å². The smallest absolute Gasteiger partial charge is 0.242 e. The summed E-state index contributed by atoms with van der Waals surface area (Å²) >= 11 is 0. The molecule has 3 rings (SSSR count). The Morgan fingerprint density at radius 3 is 2.08 bits per heavy atom. The SMILES string of the molecule is Cc1cc(OCc2ccccc2)cc(C)c1CC(N)C(=O)N[C@H](C)C(=O)NCCCc1ccccc1. The van der Waals surface area contributed by atoms with E-state index in [9.17, 15) is 9.59 Å². The summed E-state index contributed by atoms with van der Waals surface area (Å²) in [5, 5.41) is 5.63. The number of carbonyl (C=O) groups is 2. The molecule has 6 nitrogen and oxygen atoms in total. The molecule has 0 spiro atoms. The second-order valence-electron chi connectivity index (χ2n) is 9.23. The molecule has 0 bridgehead atoms. The minimum absolute atomic E-state index is 0.212. The summed E-state index contributed by atoms with van der Waals surface area (Å²) in [7, 11) is 0. The van der Waals surface area contributed by atoms with Crippen LogP contribution in [0.25, 0.3) is 0 Å². The monoisotopic (exact) mass is 487 g/mol. The minimum Gasteiger partial charge on any atom is -0.489 e. The van der Waals surface area contributed by atoms with Gasteiger partial charge in [-0.25, -0.2) is 0 Å². The van der Waals surface area contributed by atoms with Crippen LogP contribution in [-0.2, 0) is 29.0 Å². The fourth-order valence-corrected chi connectivity index (χ4v) is 4.10. The normalized spacial score (nSPS) is 12.4. The number of hydrogen-bond acceptors (Lipinski definition) is 4. The van der Waals surface area contributed by atoms with E-state index >= 15 is 0 Å². The first-order chi connectivity index (χ1) is 17.3. The highest BCUT2D eigenvalue weighted by atomic mass is 16.5. The summed E-state index contributed by atoms with van der Waals surface area (Å²) in [6.45, 7) is 6.71. The Hall–Kier alpha value is -3.64. The molecule has 1 unspecified atom stereocenters. The predicted octanol–water partition coefficient (Wildman–Crippen LogP) is 4.01. The first-order valence-corrected chi connectivity index (χ1v) is 12.5. The Balaban J connectivity index is 1.45. The van der Waals surface area contributed by atoms with Crippen LogP contribution < -0.4 is 21.1 Å². The highest BCUT2D eigenvalue weighted by molar-refractivity contribution is 5.89. The molecule has 36 heavy (non-hydrogen) atoms. The maximum Gasteiger partial charge on any atom is 0.242 e. The maximum absolute atomic E-state index is 12.7. The van der Waals surface area contributed by atoms with Crippen LogP contribution in [-0.4, -0.2) is 30.4 Å². The van der Waals surface area contributed by atoms with Gasteiger partial charge in [0.2, 0.25) is 11.8 Å². The molecular formula is C30H37N3O3. The van der Waals surface area contributed by atoms with Crippen molar-refractivity contribution < 1.29 is 14.3 Å². The van der Waals surface area contributed by atoms with Crippen LogP contribution in [0.15, 0.2) is 72.8 Å². The second kappa shape index (κ2) is 13.4. The predicted molar refractivity (Wildman–Crippen MR) is 144 cm³/mol. The number of ether oxygens (including phenoxy) is 1. The van der Waals surface area contributed by atoms with Crippen molar-refractivity contribution in [3.63, 3.8) is 0 Å². The number of rotatable bonds is 12. The lowest BCUT2D eigenvalue weighted by Gasteiger charge is -2.19. The van der Waals surface area contributed by atoms with Gasteiger partial charge < -0.3 is 21.1 Å². The lowest BCUT2D eigenvalue weighted by Crippen LogP contribution is -2.51. The minimum atomic E-state index is -0.758. The summed E-state index contributed by atoms with van der Waals surface area (Å²) in [5.41, 5.74) is 11.6. The van der Waals surface area contributed by atoms with Gasteiger partial charge in [0.1, 0.15) is 18.4 Å². The Labute approximate surface area is 214 Å². The average molecular weight is 488 g/mol. The summed E-state index contributed by atoms with van der Waals surface area (Å²) in [6, 6.07) is 22.7. The van der Waals surface area contributed by atoms with Crippen LogP contribution in [0.3, 0.4) is 0 Å². The lowest BCUT2D eigenvalue weighted by molar-refractivity contribution is -0.129. The molecule has 0 saturated carbocycles. The third-order valence-electron chi connectivity index (χ3n) is 6.22. The Kier molecular flexibility index (Phi) is 10.1. The van der Waals surface area contributed by atoms with Gasteiger partial charge in [0.25, 0.3) is 0 Å². The Morgan fingerprint density at radius 2 is 1.47 bits per heavy atom. The number of benzene rings is 3. The molecular weight excluding hydrogens is 450 g/mol. The molecule has 0 saturated heterocycles. The van der Waals surface area contributed by atoms with Gasteiger partial charge in [-0.1, -0.05) is 60.7 Å². The van der Waals surface area contributed by atoms with Crippen molar-refractivity contribution in [1.29, 1.82) is 0 Å². The summed E-state index contributed by atoms with van der Waals surface area (Å²) in [6.07, 6.45) is 2.11. The molecule has 0 aliphatic rings. The van der Waals surface area contributed by atoms with Gasteiger partial charge in [-0.05, 0) is 80.0 Å². The number of amides is 2. The first-order valence-electron chi connectivity index (χ1n) is 12.5. The number of nitrogens with one attached hydrogen (secondary N) is 2. The molecule has 4 N–H and O–H groups in total. The van der Waals surface area contributed by atoms with Gasteiger partial charge in [0, 0.05) is 6.54 Å². The van der Waals surface area contributed by atoms with Gasteiger partial charge >= 0.3 is 0 Å². The average Bonchev–Trinajstić information content (AvgIpc) is 2.88. The van der Waals surface area contributed by atoms with E-state index in [4.69, 9.17) is 10.5 Å². The molecule has 2 atom stereocenters.